The van der Waals surface area contributed by atoms with Crippen LogP contribution in [-0.4, -0.2) is 29.4 Å². The van der Waals surface area contributed by atoms with Gasteiger partial charge in [0.1, 0.15) is 0 Å². The Hall–Kier alpha value is -0.930. The number of methoxy groups -OCH3 is 1. The van der Waals surface area contributed by atoms with Crippen molar-refractivity contribution in [3.05, 3.63) is 29.6 Å². The first-order valence-electron chi connectivity index (χ1n) is 5.80. The third-order valence-corrected chi connectivity index (χ3v) is 3.38. The van der Waals surface area contributed by atoms with E-state index in [-0.39, 0.29) is 5.92 Å². The first-order chi connectivity index (χ1) is 7.65. The van der Waals surface area contributed by atoms with Crippen LogP contribution in [0.3, 0.4) is 0 Å². The predicted octanol–water partition coefficient (Wildman–Crippen LogP) is 1.90. The summed E-state index contributed by atoms with van der Waals surface area (Å²) in [6, 6.07) is 4.07. The minimum Gasteiger partial charge on any atom is -0.387 e. The second-order valence-electron chi connectivity index (χ2n) is 4.78. The first-order valence-corrected chi connectivity index (χ1v) is 5.80. The molecule has 0 spiro atoms. The number of pyridine rings is 1. The smallest absolute Gasteiger partial charge is 0.0935 e. The second kappa shape index (κ2) is 4.52. The van der Waals surface area contributed by atoms with Crippen molar-refractivity contribution in [1.82, 2.24) is 4.98 Å². The van der Waals surface area contributed by atoms with Crippen molar-refractivity contribution >= 4 is 0 Å². The highest BCUT2D eigenvalue weighted by atomic mass is 16.5. The molecule has 1 aromatic heterocycles. The first kappa shape index (κ1) is 11.6. The van der Waals surface area contributed by atoms with Gasteiger partial charge in [0.25, 0.3) is 0 Å². The predicted molar refractivity (Wildman–Crippen MR) is 62.4 cm³/mol. The summed E-state index contributed by atoms with van der Waals surface area (Å²) in [6.07, 6.45) is 4.98. The van der Waals surface area contributed by atoms with E-state index >= 15 is 0 Å². The number of aliphatic hydroxyl groups is 1. The third kappa shape index (κ3) is 2.11. The fourth-order valence-electron chi connectivity index (χ4n) is 2.61. The van der Waals surface area contributed by atoms with Gasteiger partial charge in [0, 0.05) is 24.9 Å². The maximum atomic E-state index is 10.4. The number of rotatable bonds is 3. The quantitative estimate of drug-likeness (QED) is 0.847. The standard InChI is InChI=1S/C13H19NO2/c1-13(15,9-16-2)11-7-3-5-10-6-4-8-14-12(10)11/h4,6,8,11,15H,3,5,7,9H2,1-2H3. The largest absolute Gasteiger partial charge is 0.387 e. The summed E-state index contributed by atoms with van der Waals surface area (Å²) in [4.78, 5) is 4.43. The lowest BCUT2D eigenvalue weighted by atomic mass is 9.77. The molecule has 1 aliphatic rings. The molecule has 0 fully saturated rings. The summed E-state index contributed by atoms with van der Waals surface area (Å²) >= 11 is 0. The van der Waals surface area contributed by atoms with Gasteiger partial charge in [-0.2, -0.15) is 0 Å². The van der Waals surface area contributed by atoms with Gasteiger partial charge in [-0.15, -0.1) is 0 Å². The summed E-state index contributed by atoms with van der Waals surface area (Å²) in [5.74, 6) is 0.0948. The number of ether oxygens (including phenoxy) is 1. The molecule has 0 radical (unpaired) electrons. The Morgan fingerprint density at radius 3 is 3.19 bits per heavy atom. The van der Waals surface area contributed by atoms with Gasteiger partial charge in [-0.05, 0) is 37.8 Å². The molecule has 0 saturated heterocycles. The SMILES string of the molecule is COCC(C)(O)C1CCCc2cccnc21. The van der Waals surface area contributed by atoms with E-state index in [4.69, 9.17) is 4.74 Å². The van der Waals surface area contributed by atoms with E-state index in [0.717, 1.165) is 25.0 Å². The molecule has 1 N–H and O–H groups in total. The van der Waals surface area contributed by atoms with Crippen LogP contribution in [0.25, 0.3) is 0 Å². The maximum Gasteiger partial charge on any atom is 0.0935 e. The summed E-state index contributed by atoms with van der Waals surface area (Å²) in [6.45, 7) is 2.19. The van der Waals surface area contributed by atoms with Crippen molar-refractivity contribution < 1.29 is 9.84 Å². The Labute approximate surface area is 96.5 Å². The van der Waals surface area contributed by atoms with Crippen molar-refractivity contribution in [2.75, 3.05) is 13.7 Å². The zero-order valence-corrected chi connectivity index (χ0v) is 9.94. The number of nitrogens with zero attached hydrogens (tertiary/aromatic N) is 1. The van der Waals surface area contributed by atoms with E-state index in [1.54, 1.807) is 13.3 Å². The zero-order chi connectivity index (χ0) is 11.6. The van der Waals surface area contributed by atoms with Crippen LogP contribution in [0.1, 0.15) is 36.9 Å². The van der Waals surface area contributed by atoms with Crippen LogP contribution in [-0.2, 0) is 11.2 Å². The van der Waals surface area contributed by atoms with Gasteiger partial charge >= 0.3 is 0 Å². The molecule has 16 heavy (non-hydrogen) atoms. The molecule has 1 aliphatic carbocycles. The van der Waals surface area contributed by atoms with Crippen LogP contribution >= 0.6 is 0 Å². The Morgan fingerprint density at radius 1 is 1.62 bits per heavy atom. The molecule has 0 bridgehead atoms. The molecule has 0 amide bonds. The highest BCUT2D eigenvalue weighted by Crippen LogP contribution is 2.37. The Balaban J connectivity index is 2.31. The van der Waals surface area contributed by atoms with Crippen molar-refractivity contribution in [3.8, 4) is 0 Å². The van der Waals surface area contributed by atoms with Crippen molar-refractivity contribution in [2.24, 2.45) is 0 Å². The van der Waals surface area contributed by atoms with E-state index in [2.05, 4.69) is 11.1 Å². The van der Waals surface area contributed by atoms with Gasteiger partial charge in [0.2, 0.25) is 0 Å². The lowest BCUT2D eigenvalue weighted by molar-refractivity contribution is -0.0416. The van der Waals surface area contributed by atoms with E-state index in [9.17, 15) is 5.11 Å². The fraction of sp³-hybridized carbons (Fsp3) is 0.615. The van der Waals surface area contributed by atoms with Gasteiger partial charge in [-0.3, -0.25) is 4.98 Å². The molecular weight excluding hydrogens is 202 g/mol. The van der Waals surface area contributed by atoms with Crippen LogP contribution in [0.5, 0.6) is 0 Å². The van der Waals surface area contributed by atoms with Crippen molar-refractivity contribution in [2.45, 2.75) is 37.7 Å². The Kier molecular flexibility index (Phi) is 3.26. The topological polar surface area (TPSA) is 42.4 Å². The normalized spacial score (nSPS) is 23.6. The van der Waals surface area contributed by atoms with Crippen LogP contribution < -0.4 is 0 Å². The average molecular weight is 221 g/mol. The fourth-order valence-corrected chi connectivity index (χ4v) is 2.61. The molecule has 3 heteroatoms. The Morgan fingerprint density at radius 2 is 2.44 bits per heavy atom. The summed E-state index contributed by atoms with van der Waals surface area (Å²) in [5, 5.41) is 10.4. The highest BCUT2D eigenvalue weighted by Gasteiger charge is 2.36. The molecule has 2 rings (SSSR count). The summed E-state index contributed by atoms with van der Waals surface area (Å²) in [5.41, 5.74) is 1.50. The summed E-state index contributed by atoms with van der Waals surface area (Å²) in [7, 11) is 1.62. The number of fused-ring (bicyclic) bond motifs is 1. The molecule has 0 aliphatic heterocycles. The summed E-state index contributed by atoms with van der Waals surface area (Å²) < 4.78 is 5.10. The molecule has 1 heterocycles. The number of aromatic nitrogens is 1. The number of hydrogen-bond donors (Lipinski definition) is 1. The molecule has 0 saturated carbocycles. The van der Waals surface area contributed by atoms with E-state index in [0.29, 0.717) is 6.61 Å². The van der Waals surface area contributed by atoms with E-state index in [1.165, 1.54) is 5.56 Å². The minimum atomic E-state index is -0.821. The minimum absolute atomic E-state index is 0.0948. The highest BCUT2D eigenvalue weighted by molar-refractivity contribution is 5.28. The molecule has 88 valence electrons. The molecule has 2 atom stereocenters. The Bertz CT molecular complexity index is 363. The van der Waals surface area contributed by atoms with Crippen LogP contribution in [0.15, 0.2) is 18.3 Å². The van der Waals surface area contributed by atoms with Crippen molar-refractivity contribution in [3.63, 3.8) is 0 Å². The lowest BCUT2D eigenvalue weighted by Crippen LogP contribution is -2.39. The van der Waals surface area contributed by atoms with Crippen molar-refractivity contribution in [1.29, 1.82) is 0 Å². The van der Waals surface area contributed by atoms with Crippen LogP contribution in [0, 0.1) is 0 Å². The molecular formula is C13H19NO2. The lowest BCUT2D eigenvalue weighted by Gasteiger charge is -2.35. The van der Waals surface area contributed by atoms with Crippen LogP contribution in [0.2, 0.25) is 0 Å². The average Bonchev–Trinajstić information content (AvgIpc) is 2.28. The zero-order valence-electron chi connectivity index (χ0n) is 9.94. The molecule has 2 unspecified atom stereocenters. The maximum absolute atomic E-state index is 10.4. The molecule has 1 aromatic rings. The van der Waals surface area contributed by atoms with Gasteiger partial charge in [-0.1, -0.05) is 6.07 Å². The van der Waals surface area contributed by atoms with Gasteiger partial charge in [0.15, 0.2) is 0 Å². The van der Waals surface area contributed by atoms with Gasteiger partial charge < -0.3 is 9.84 Å². The second-order valence-corrected chi connectivity index (χ2v) is 4.78. The van der Waals surface area contributed by atoms with E-state index < -0.39 is 5.60 Å². The number of aryl methyl sites for hydroxylation is 1. The van der Waals surface area contributed by atoms with Gasteiger partial charge in [0.05, 0.1) is 12.2 Å². The van der Waals surface area contributed by atoms with Gasteiger partial charge in [-0.25, -0.2) is 0 Å². The van der Waals surface area contributed by atoms with E-state index in [1.807, 2.05) is 13.0 Å². The third-order valence-electron chi connectivity index (χ3n) is 3.38. The molecule has 3 nitrogen and oxygen atoms in total. The number of hydrogen-bond acceptors (Lipinski definition) is 3. The molecule has 0 aromatic carbocycles. The van der Waals surface area contributed by atoms with Crippen LogP contribution in [0.4, 0.5) is 0 Å². The monoisotopic (exact) mass is 221 g/mol.